The van der Waals surface area contributed by atoms with E-state index in [4.69, 9.17) is 4.74 Å². The van der Waals surface area contributed by atoms with Crippen molar-refractivity contribution in [3.05, 3.63) is 54.0 Å². The van der Waals surface area contributed by atoms with Gasteiger partial charge in [0.2, 0.25) is 5.65 Å². The van der Waals surface area contributed by atoms with Crippen LogP contribution in [0.25, 0.3) is 5.65 Å². The van der Waals surface area contributed by atoms with Gasteiger partial charge in [-0.1, -0.05) is 6.07 Å². The molecule has 5 nitrogen and oxygen atoms in total. The molecule has 6 rings (SSSR count). The number of aliphatic hydroxyl groups is 1. The molecule has 3 aromatic rings. The minimum absolute atomic E-state index is 0.119. The van der Waals surface area contributed by atoms with Gasteiger partial charge in [-0.25, -0.2) is 8.78 Å². The summed E-state index contributed by atoms with van der Waals surface area (Å²) in [5.41, 5.74) is -0.221. The van der Waals surface area contributed by atoms with E-state index >= 15 is 0 Å². The predicted octanol–water partition coefficient (Wildman–Crippen LogP) is 4.14. The Morgan fingerprint density at radius 2 is 1.59 bits per heavy atom. The largest absolute Gasteiger partial charge is 0.447 e. The van der Waals surface area contributed by atoms with E-state index in [0.29, 0.717) is 5.65 Å². The Labute approximate surface area is 154 Å². The standard InChI is InChI=1S/C20H19F2N3O2/c21-13-3-1-4-14(22)16(13)27-15-5-2-12-25-17(15)23-24-18(25)19-6-9-20(26,10-7-19)11-8-19/h1-5,12,26H,6-11H2. The normalized spacial score (nSPS) is 27.2. The number of pyridine rings is 1. The Balaban J connectivity index is 1.56. The van der Waals surface area contributed by atoms with Gasteiger partial charge in [-0.3, -0.25) is 4.40 Å². The Morgan fingerprint density at radius 1 is 0.926 bits per heavy atom. The van der Waals surface area contributed by atoms with Gasteiger partial charge in [0.15, 0.2) is 23.1 Å². The first-order valence-electron chi connectivity index (χ1n) is 9.18. The van der Waals surface area contributed by atoms with Crippen LogP contribution < -0.4 is 4.74 Å². The molecule has 0 amide bonds. The van der Waals surface area contributed by atoms with Gasteiger partial charge < -0.3 is 9.84 Å². The molecule has 7 heteroatoms. The van der Waals surface area contributed by atoms with Crippen LogP contribution in [0.2, 0.25) is 0 Å². The maximum atomic E-state index is 14.0. The smallest absolute Gasteiger partial charge is 0.203 e. The summed E-state index contributed by atoms with van der Waals surface area (Å²) in [6.45, 7) is 0. The van der Waals surface area contributed by atoms with E-state index < -0.39 is 23.0 Å². The Hall–Kier alpha value is -2.54. The van der Waals surface area contributed by atoms with Gasteiger partial charge in [-0.15, -0.1) is 10.2 Å². The van der Waals surface area contributed by atoms with Crippen molar-refractivity contribution in [3.63, 3.8) is 0 Å². The number of fused-ring (bicyclic) bond motifs is 4. The second-order valence-electron chi connectivity index (χ2n) is 7.75. The zero-order valence-electron chi connectivity index (χ0n) is 14.7. The fourth-order valence-corrected chi connectivity index (χ4v) is 4.52. The average Bonchev–Trinajstić information content (AvgIpc) is 3.12. The number of rotatable bonds is 3. The molecular weight excluding hydrogens is 352 g/mol. The highest BCUT2D eigenvalue weighted by atomic mass is 19.1. The van der Waals surface area contributed by atoms with Crippen molar-refractivity contribution >= 4 is 5.65 Å². The van der Waals surface area contributed by atoms with E-state index in [1.54, 1.807) is 12.1 Å². The van der Waals surface area contributed by atoms with Crippen LogP contribution in [0.4, 0.5) is 8.78 Å². The summed E-state index contributed by atoms with van der Waals surface area (Å²) < 4.78 is 35.3. The van der Waals surface area contributed by atoms with Gasteiger partial charge in [-0.05, 0) is 62.8 Å². The molecule has 3 aliphatic rings. The van der Waals surface area contributed by atoms with Crippen molar-refractivity contribution in [1.82, 2.24) is 14.6 Å². The number of halogens is 2. The first-order valence-corrected chi connectivity index (χ1v) is 9.18. The molecule has 27 heavy (non-hydrogen) atoms. The SMILES string of the molecule is OC12CCC(c3nnc4c(Oc5c(F)cccc5F)cccn34)(CC1)CC2. The lowest BCUT2D eigenvalue weighted by Crippen LogP contribution is -2.48. The summed E-state index contributed by atoms with van der Waals surface area (Å²) in [6.07, 6.45) is 6.71. The summed E-state index contributed by atoms with van der Waals surface area (Å²) in [4.78, 5) is 0. The molecule has 3 aliphatic carbocycles. The third-order valence-electron chi connectivity index (χ3n) is 6.21. The molecule has 3 fully saturated rings. The summed E-state index contributed by atoms with van der Waals surface area (Å²) in [7, 11) is 0. The summed E-state index contributed by atoms with van der Waals surface area (Å²) in [6, 6.07) is 6.97. The molecular formula is C20H19F2N3O2. The number of benzene rings is 1. The van der Waals surface area contributed by atoms with Crippen LogP contribution in [0.15, 0.2) is 36.5 Å². The molecule has 0 radical (unpaired) electrons. The highest BCUT2D eigenvalue weighted by Gasteiger charge is 2.50. The van der Waals surface area contributed by atoms with E-state index in [0.717, 1.165) is 56.5 Å². The molecule has 2 aromatic heterocycles. The third-order valence-corrected chi connectivity index (χ3v) is 6.21. The lowest BCUT2D eigenvalue weighted by Gasteiger charge is -2.49. The number of ether oxygens (including phenoxy) is 1. The lowest BCUT2D eigenvalue weighted by molar-refractivity contribution is -0.0682. The number of para-hydroxylation sites is 1. The number of hydrogen-bond donors (Lipinski definition) is 1. The van der Waals surface area contributed by atoms with Crippen molar-refractivity contribution in [1.29, 1.82) is 0 Å². The van der Waals surface area contributed by atoms with Crippen LogP contribution in [0.1, 0.15) is 44.3 Å². The van der Waals surface area contributed by atoms with Crippen LogP contribution in [-0.2, 0) is 5.41 Å². The Bertz CT molecular complexity index is 988. The fourth-order valence-electron chi connectivity index (χ4n) is 4.52. The molecule has 2 heterocycles. The second kappa shape index (κ2) is 5.73. The van der Waals surface area contributed by atoms with Gasteiger partial charge in [0.25, 0.3) is 0 Å². The molecule has 0 unspecified atom stereocenters. The fraction of sp³-hybridized carbons (Fsp3) is 0.400. The number of nitrogens with zero attached hydrogens (tertiary/aromatic N) is 3. The van der Waals surface area contributed by atoms with Crippen LogP contribution in [0.5, 0.6) is 11.5 Å². The zero-order valence-corrected chi connectivity index (χ0v) is 14.7. The molecule has 1 aromatic carbocycles. The van der Waals surface area contributed by atoms with Gasteiger partial charge in [0.1, 0.15) is 5.82 Å². The second-order valence-corrected chi connectivity index (χ2v) is 7.75. The molecule has 2 bridgehead atoms. The maximum absolute atomic E-state index is 14.0. The van der Waals surface area contributed by atoms with Crippen LogP contribution in [0, 0.1) is 11.6 Å². The third kappa shape index (κ3) is 2.52. The number of aromatic nitrogens is 3. The van der Waals surface area contributed by atoms with Crippen molar-refractivity contribution in [2.24, 2.45) is 0 Å². The first kappa shape index (κ1) is 16.6. The van der Waals surface area contributed by atoms with Crippen LogP contribution in [0.3, 0.4) is 0 Å². The summed E-state index contributed by atoms with van der Waals surface area (Å²) >= 11 is 0. The van der Waals surface area contributed by atoms with E-state index in [1.807, 2.05) is 10.6 Å². The van der Waals surface area contributed by atoms with Crippen LogP contribution in [-0.4, -0.2) is 25.3 Å². The molecule has 0 aliphatic heterocycles. The minimum Gasteiger partial charge on any atom is -0.447 e. The number of hydrogen-bond acceptors (Lipinski definition) is 4. The van der Waals surface area contributed by atoms with Crippen molar-refractivity contribution in [2.75, 3.05) is 0 Å². The summed E-state index contributed by atoms with van der Waals surface area (Å²) in [5.74, 6) is -0.907. The molecule has 0 atom stereocenters. The van der Waals surface area contributed by atoms with Crippen molar-refractivity contribution < 1.29 is 18.6 Å². The zero-order chi connectivity index (χ0) is 18.6. The van der Waals surface area contributed by atoms with Gasteiger partial charge in [0.05, 0.1) is 5.60 Å². The van der Waals surface area contributed by atoms with E-state index in [-0.39, 0.29) is 11.2 Å². The highest BCUT2D eigenvalue weighted by molar-refractivity contribution is 5.55. The van der Waals surface area contributed by atoms with Crippen molar-refractivity contribution in [2.45, 2.75) is 49.5 Å². The van der Waals surface area contributed by atoms with Gasteiger partial charge in [0, 0.05) is 11.6 Å². The molecule has 3 saturated carbocycles. The Kier molecular flexibility index (Phi) is 3.53. The molecule has 0 saturated heterocycles. The maximum Gasteiger partial charge on any atom is 0.203 e. The topological polar surface area (TPSA) is 59.7 Å². The molecule has 140 valence electrons. The lowest BCUT2D eigenvalue weighted by atomic mass is 9.58. The van der Waals surface area contributed by atoms with Crippen LogP contribution >= 0.6 is 0 Å². The first-order chi connectivity index (χ1) is 13.0. The summed E-state index contributed by atoms with van der Waals surface area (Å²) in [5, 5.41) is 19.1. The molecule has 0 spiro atoms. The van der Waals surface area contributed by atoms with Crippen molar-refractivity contribution in [3.8, 4) is 11.5 Å². The van der Waals surface area contributed by atoms with Gasteiger partial charge in [-0.2, -0.15) is 0 Å². The van der Waals surface area contributed by atoms with E-state index in [2.05, 4.69) is 10.2 Å². The quantitative estimate of drug-likeness (QED) is 0.752. The average molecular weight is 371 g/mol. The monoisotopic (exact) mass is 371 g/mol. The van der Waals surface area contributed by atoms with E-state index in [1.165, 1.54) is 6.07 Å². The minimum atomic E-state index is -0.769. The Morgan fingerprint density at radius 3 is 2.26 bits per heavy atom. The molecule has 1 N–H and O–H groups in total. The highest BCUT2D eigenvalue weighted by Crippen LogP contribution is 2.53. The van der Waals surface area contributed by atoms with Gasteiger partial charge >= 0.3 is 0 Å². The van der Waals surface area contributed by atoms with E-state index in [9.17, 15) is 13.9 Å². The predicted molar refractivity (Wildman–Crippen MR) is 93.7 cm³/mol.